The van der Waals surface area contributed by atoms with E-state index >= 15 is 0 Å². The van der Waals surface area contributed by atoms with Gasteiger partial charge in [-0.15, -0.1) is 10.2 Å². The minimum Gasteiger partial charge on any atom is -0.383 e. The van der Waals surface area contributed by atoms with Gasteiger partial charge in [-0.2, -0.15) is 5.10 Å². The third-order valence-electron chi connectivity index (χ3n) is 4.27. The van der Waals surface area contributed by atoms with E-state index in [1.165, 1.54) is 5.56 Å². The number of rotatable bonds is 8. The first-order valence-electron chi connectivity index (χ1n) is 8.32. The molecule has 7 heteroatoms. The molecule has 0 spiro atoms. The van der Waals surface area contributed by atoms with Gasteiger partial charge in [0.1, 0.15) is 11.6 Å². The van der Waals surface area contributed by atoms with Crippen LogP contribution in [0.5, 0.6) is 0 Å². The van der Waals surface area contributed by atoms with Crippen molar-refractivity contribution < 1.29 is 4.74 Å². The smallest absolute Gasteiger partial charge is 0.146 e. The van der Waals surface area contributed by atoms with Crippen molar-refractivity contribution in [1.29, 1.82) is 0 Å². The van der Waals surface area contributed by atoms with Crippen LogP contribution in [-0.2, 0) is 24.9 Å². The van der Waals surface area contributed by atoms with Crippen molar-refractivity contribution in [3.05, 3.63) is 59.9 Å². The molecule has 7 nitrogen and oxygen atoms in total. The number of benzene rings is 1. The van der Waals surface area contributed by atoms with E-state index in [1.54, 1.807) is 13.3 Å². The normalized spacial score (nSPS) is 11.4. The Morgan fingerprint density at radius 1 is 1.12 bits per heavy atom. The number of methoxy groups -OCH3 is 1. The van der Waals surface area contributed by atoms with Crippen LogP contribution in [0.1, 0.15) is 17.2 Å². The Bertz CT molecular complexity index is 779. The highest BCUT2D eigenvalue weighted by molar-refractivity contribution is 5.33. The lowest BCUT2D eigenvalue weighted by atomic mass is 10.2. The summed E-state index contributed by atoms with van der Waals surface area (Å²) in [6.45, 7) is 5.05. The lowest BCUT2D eigenvalue weighted by Crippen LogP contribution is -2.28. The molecule has 1 aromatic carbocycles. The summed E-state index contributed by atoms with van der Waals surface area (Å²) in [6, 6.07) is 10.4. The standard InChI is InChI=1S/C18H24N6O/c1-15-20-21-18(22(15)2)14-23(11-12-25-3)13-16-5-7-17(8-6-16)24-10-4-9-19-24/h4-10H,11-14H2,1-3H3. The average molecular weight is 340 g/mol. The zero-order chi connectivity index (χ0) is 17.6. The number of hydrogen-bond acceptors (Lipinski definition) is 5. The molecule has 2 heterocycles. The molecule has 0 saturated carbocycles. The quantitative estimate of drug-likeness (QED) is 0.627. The molecular formula is C18H24N6O. The molecule has 0 amide bonds. The SMILES string of the molecule is COCCN(Cc1ccc(-n2cccn2)cc1)Cc1nnc(C)n1C. The summed E-state index contributed by atoms with van der Waals surface area (Å²) >= 11 is 0. The molecule has 0 N–H and O–H groups in total. The first-order valence-corrected chi connectivity index (χ1v) is 8.32. The maximum atomic E-state index is 5.26. The van der Waals surface area contributed by atoms with E-state index in [-0.39, 0.29) is 0 Å². The number of aryl methyl sites for hydroxylation is 1. The molecule has 0 aliphatic rings. The molecule has 0 atom stereocenters. The van der Waals surface area contributed by atoms with Crippen LogP contribution in [0.4, 0.5) is 0 Å². The first kappa shape index (κ1) is 17.3. The van der Waals surface area contributed by atoms with Crippen molar-refractivity contribution >= 4 is 0 Å². The minimum absolute atomic E-state index is 0.683. The van der Waals surface area contributed by atoms with Crippen LogP contribution in [0.25, 0.3) is 5.69 Å². The summed E-state index contributed by atoms with van der Waals surface area (Å²) < 4.78 is 9.14. The van der Waals surface area contributed by atoms with E-state index in [0.29, 0.717) is 6.61 Å². The van der Waals surface area contributed by atoms with E-state index in [1.807, 2.05) is 35.5 Å². The van der Waals surface area contributed by atoms with Gasteiger partial charge in [-0.25, -0.2) is 4.68 Å². The maximum Gasteiger partial charge on any atom is 0.146 e. The Morgan fingerprint density at radius 2 is 1.92 bits per heavy atom. The monoisotopic (exact) mass is 340 g/mol. The molecule has 0 aliphatic heterocycles. The highest BCUT2D eigenvalue weighted by atomic mass is 16.5. The summed E-state index contributed by atoms with van der Waals surface area (Å²) in [6.07, 6.45) is 3.72. The van der Waals surface area contributed by atoms with Gasteiger partial charge >= 0.3 is 0 Å². The molecule has 0 fully saturated rings. The second-order valence-corrected chi connectivity index (χ2v) is 6.04. The zero-order valence-electron chi connectivity index (χ0n) is 15.0. The van der Waals surface area contributed by atoms with Crippen LogP contribution in [0, 0.1) is 6.92 Å². The van der Waals surface area contributed by atoms with Crippen LogP contribution >= 0.6 is 0 Å². The average Bonchev–Trinajstić information content (AvgIpc) is 3.26. The molecule has 0 aliphatic carbocycles. The van der Waals surface area contributed by atoms with E-state index in [4.69, 9.17) is 4.74 Å². The predicted octanol–water partition coefficient (Wildman–Crippen LogP) is 1.96. The molecule has 2 aromatic heterocycles. The first-order chi connectivity index (χ1) is 12.2. The summed E-state index contributed by atoms with van der Waals surface area (Å²) in [5.74, 6) is 1.88. The van der Waals surface area contributed by atoms with Gasteiger partial charge in [0.2, 0.25) is 0 Å². The Kier molecular flexibility index (Phi) is 5.57. The topological polar surface area (TPSA) is 61.0 Å². The van der Waals surface area contributed by atoms with Crippen LogP contribution in [0.15, 0.2) is 42.7 Å². The molecule has 3 aromatic rings. The molecule has 0 saturated heterocycles. The minimum atomic E-state index is 0.683. The van der Waals surface area contributed by atoms with Crippen molar-refractivity contribution in [3.63, 3.8) is 0 Å². The molecule has 0 unspecified atom stereocenters. The Morgan fingerprint density at radius 3 is 2.52 bits per heavy atom. The van der Waals surface area contributed by atoms with Crippen molar-refractivity contribution in [2.75, 3.05) is 20.3 Å². The fourth-order valence-electron chi connectivity index (χ4n) is 2.66. The van der Waals surface area contributed by atoms with Crippen molar-refractivity contribution in [2.24, 2.45) is 7.05 Å². The molecule has 3 rings (SSSR count). The predicted molar refractivity (Wildman–Crippen MR) is 95.3 cm³/mol. The Hall–Kier alpha value is -2.51. The third kappa shape index (κ3) is 4.32. The highest BCUT2D eigenvalue weighted by Crippen LogP contribution is 2.12. The fourth-order valence-corrected chi connectivity index (χ4v) is 2.66. The lowest BCUT2D eigenvalue weighted by Gasteiger charge is -2.21. The number of ether oxygens (including phenoxy) is 1. The second kappa shape index (κ2) is 8.04. The summed E-state index contributed by atoms with van der Waals surface area (Å²) in [7, 11) is 3.72. The number of nitrogens with zero attached hydrogens (tertiary/aromatic N) is 6. The highest BCUT2D eigenvalue weighted by Gasteiger charge is 2.12. The molecule has 0 radical (unpaired) electrons. The Labute approximate surface area is 147 Å². The van der Waals surface area contributed by atoms with Crippen molar-refractivity contribution in [2.45, 2.75) is 20.0 Å². The molecule has 25 heavy (non-hydrogen) atoms. The largest absolute Gasteiger partial charge is 0.383 e. The van der Waals surface area contributed by atoms with Crippen molar-refractivity contribution in [3.8, 4) is 5.69 Å². The van der Waals surface area contributed by atoms with Crippen LogP contribution in [0.3, 0.4) is 0 Å². The van der Waals surface area contributed by atoms with E-state index < -0.39 is 0 Å². The van der Waals surface area contributed by atoms with Gasteiger partial charge in [0, 0.05) is 39.6 Å². The van der Waals surface area contributed by atoms with Gasteiger partial charge < -0.3 is 9.30 Å². The van der Waals surface area contributed by atoms with Gasteiger partial charge in [0.25, 0.3) is 0 Å². The number of aromatic nitrogens is 5. The number of hydrogen-bond donors (Lipinski definition) is 0. The lowest BCUT2D eigenvalue weighted by molar-refractivity contribution is 0.137. The van der Waals surface area contributed by atoms with Gasteiger partial charge in [-0.1, -0.05) is 12.1 Å². The third-order valence-corrected chi connectivity index (χ3v) is 4.27. The second-order valence-electron chi connectivity index (χ2n) is 6.04. The van der Waals surface area contributed by atoms with E-state index in [0.717, 1.165) is 37.0 Å². The zero-order valence-corrected chi connectivity index (χ0v) is 15.0. The van der Waals surface area contributed by atoms with Gasteiger partial charge in [-0.05, 0) is 30.7 Å². The van der Waals surface area contributed by atoms with Crippen LogP contribution < -0.4 is 0 Å². The Balaban J connectivity index is 1.70. The summed E-state index contributed by atoms with van der Waals surface area (Å²) in [5, 5.41) is 12.7. The van der Waals surface area contributed by atoms with Gasteiger partial charge in [0.15, 0.2) is 0 Å². The van der Waals surface area contributed by atoms with E-state index in [2.05, 4.69) is 44.5 Å². The molecular weight excluding hydrogens is 316 g/mol. The van der Waals surface area contributed by atoms with Crippen LogP contribution in [-0.4, -0.2) is 49.7 Å². The molecule has 132 valence electrons. The van der Waals surface area contributed by atoms with E-state index in [9.17, 15) is 0 Å². The van der Waals surface area contributed by atoms with Gasteiger partial charge in [-0.3, -0.25) is 4.90 Å². The van der Waals surface area contributed by atoms with Gasteiger partial charge in [0.05, 0.1) is 18.8 Å². The van der Waals surface area contributed by atoms with Crippen molar-refractivity contribution in [1.82, 2.24) is 29.4 Å². The fraction of sp³-hybridized carbons (Fsp3) is 0.389. The molecule has 0 bridgehead atoms. The summed E-state index contributed by atoms with van der Waals surface area (Å²) in [4.78, 5) is 2.32. The maximum absolute atomic E-state index is 5.26. The summed E-state index contributed by atoms with van der Waals surface area (Å²) in [5.41, 5.74) is 2.30. The van der Waals surface area contributed by atoms with Crippen LogP contribution in [0.2, 0.25) is 0 Å².